The molecule has 3 nitrogen and oxygen atoms in total. The highest BCUT2D eigenvalue weighted by Crippen LogP contribution is 2.38. The van der Waals surface area contributed by atoms with Crippen molar-refractivity contribution < 1.29 is 15.3 Å². The summed E-state index contributed by atoms with van der Waals surface area (Å²) in [6.45, 7) is -1.14. The molecule has 3 N–H and O–H groups in total. The van der Waals surface area contributed by atoms with E-state index in [9.17, 15) is 0 Å². The molecule has 1 rings (SSSR count). The molecule has 0 aliphatic rings. The lowest BCUT2D eigenvalue weighted by Gasteiger charge is -2.14. The van der Waals surface area contributed by atoms with Crippen LogP contribution in [0.5, 0.6) is 0 Å². The van der Waals surface area contributed by atoms with Gasteiger partial charge in [0.2, 0.25) is 0 Å². The van der Waals surface area contributed by atoms with Crippen molar-refractivity contribution in [3.05, 3.63) is 31.8 Å². The normalized spacial score (nSPS) is 10.8. The van der Waals surface area contributed by atoms with Crippen molar-refractivity contribution >= 4 is 34.8 Å². The summed E-state index contributed by atoms with van der Waals surface area (Å²) in [5, 5.41) is 27.6. The summed E-state index contributed by atoms with van der Waals surface area (Å²) >= 11 is 17.6. The fourth-order valence-electron chi connectivity index (χ4n) is 1.25. The third kappa shape index (κ3) is 2.23. The molecule has 0 amide bonds. The number of hydrogen-bond acceptors (Lipinski definition) is 3. The molecule has 0 saturated carbocycles. The third-order valence-corrected chi connectivity index (χ3v) is 3.43. The minimum atomic E-state index is -0.380. The van der Waals surface area contributed by atoms with Crippen molar-refractivity contribution in [3.8, 4) is 0 Å². The minimum absolute atomic E-state index is 0.132. The van der Waals surface area contributed by atoms with Gasteiger partial charge in [-0.25, -0.2) is 0 Å². The van der Waals surface area contributed by atoms with E-state index in [1.54, 1.807) is 0 Å². The Hall–Kier alpha value is -0.0300. The fourth-order valence-corrected chi connectivity index (χ4v) is 2.32. The Kier molecular flexibility index (Phi) is 4.64. The van der Waals surface area contributed by atoms with Crippen molar-refractivity contribution in [2.24, 2.45) is 0 Å². The molecule has 0 unspecified atom stereocenters. The number of rotatable bonds is 3. The second kappa shape index (κ2) is 5.34. The van der Waals surface area contributed by atoms with Gasteiger partial charge in [0.25, 0.3) is 0 Å². The monoisotopic (exact) mass is 270 g/mol. The van der Waals surface area contributed by atoms with E-state index in [-0.39, 0.29) is 51.6 Å². The number of halogens is 3. The largest absolute Gasteiger partial charge is 0.392 e. The van der Waals surface area contributed by atoms with Crippen molar-refractivity contribution in [3.63, 3.8) is 0 Å². The molecule has 1 aromatic carbocycles. The van der Waals surface area contributed by atoms with E-state index in [1.165, 1.54) is 0 Å². The lowest BCUT2D eigenvalue weighted by atomic mass is 10.1. The standard InChI is InChI=1S/C9H9Cl3O3/c10-7-4(1-13)8(11)6(3-15)9(12)5(7)2-14/h13-15H,1-3H2. The lowest BCUT2D eigenvalue weighted by Crippen LogP contribution is -2.01. The van der Waals surface area contributed by atoms with Gasteiger partial charge < -0.3 is 15.3 Å². The summed E-state index contributed by atoms with van der Waals surface area (Å²) in [5.74, 6) is 0. The lowest BCUT2D eigenvalue weighted by molar-refractivity contribution is 0.269. The molecule has 0 heterocycles. The zero-order chi connectivity index (χ0) is 11.6. The molecule has 0 bridgehead atoms. The van der Waals surface area contributed by atoms with E-state index in [2.05, 4.69) is 0 Å². The highest BCUT2D eigenvalue weighted by molar-refractivity contribution is 6.41. The molecule has 0 atom stereocenters. The Morgan fingerprint density at radius 1 is 0.600 bits per heavy atom. The molecule has 0 aromatic heterocycles. The van der Waals surface area contributed by atoms with E-state index >= 15 is 0 Å². The van der Waals surface area contributed by atoms with Crippen LogP contribution in [0.2, 0.25) is 15.1 Å². The fraction of sp³-hybridized carbons (Fsp3) is 0.333. The average molecular weight is 272 g/mol. The summed E-state index contributed by atoms with van der Waals surface area (Å²) in [4.78, 5) is 0. The van der Waals surface area contributed by atoms with E-state index in [0.717, 1.165) is 0 Å². The predicted molar refractivity (Wildman–Crippen MR) is 59.2 cm³/mol. The van der Waals surface area contributed by atoms with Gasteiger partial charge >= 0.3 is 0 Å². The second-order valence-electron chi connectivity index (χ2n) is 2.85. The summed E-state index contributed by atoms with van der Waals surface area (Å²) in [5.41, 5.74) is 0.780. The zero-order valence-corrected chi connectivity index (χ0v) is 9.86. The molecule has 0 aliphatic heterocycles. The molecule has 0 spiro atoms. The Labute approximate surface area is 102 Å². The van der Waals surface area contributed by atoms with E-state index < -0.39 is 0 Å². The zero-order valence-electron chi connectivity index (χ0n) is 7.60. The predicted octanol–water partition coefficient (Wildman–Crippen LogP) is 2.12. The van der Waals surface area contributed by atoms with Gasteiger partial charge in [-0.05, 0) is 0 Å². The van der Waals surface area contributed by atoms with Crippen molar-refractivity contribution in [1.82, 2.24) is 0 Å². The van der Waals surface area contributed by atoms with E-state index in [0.29, 0.717) is 0 Å². The topological polar surface area (TPSA) is 60.7 Å². The first-order chi connectivity index (χ1) is 7.08. The van der Waals surface area contributed by atoms with Crippen LogP contribution in [0.4, 0.5) is 0 Å². The first kappa shape index (κ1) is 13.0. The summed E-state index contributed by atoms with van der Waals surface area (Å²) in [7, 11) is 0. The molecule has 1 aromatic rings. The van der Waals surface area contributed by atoms with Crippen LogP contribution in [-0.4, -0.2) is 15.3 Å². The number of hydrogen-bond donors (Lipinski definition) is 3. The number of benzene rings is 1. The molecule has 0 radical (unpaired) electrons. The number of aliphatic hydroxyl groups is 3. The first-order valence-electron chi connectivity index (χ1n) is 4.08. The molecule has 0 fully saturated rings. The van der Waals surface area contributed by atoms with Gasteiger partial charge in [0, 0.05) is 16.7 Å². The van der Waals surface area contributed by atoms with Crippen LogP contribution >= 0.6 is 34.8 Å². The Balaban J connectivity index is 3.57. The highest BCUT2D eigenvalue weighted by Gasteiger charge is 2.19. The number of aliphatic hydroxyl groups excluding tert-OH is 3. The summed E-state index contributed by atoms with van der Waals surface area (Å²) in [6.07, 6.45) is 0. The highest BCUT2D eigenvalue weighted by atomic mass is 35.5. The maximum absolute atomic E-state index is 9.05. The van der Waals surface area contributed by atoms with Crippen molar-refractivity contribution in [2.45, 2.75) is 19.8 Å². The maximum Gasteiger partial charge on any atom is 0.0711 e. The molecule has 0 saturated heterocycles. The van der Waals surface area contributed by atoms with Gasteiger partial charge in [-0.15, -0.1) is 0 Å². The smallest absolute Gasteiger partial charge is 0.0711 e. The van der Waals surface area contributed by atoms with Crippen LogP contribution in [0.3, 0.4) is 0 Å². The minimum Gasteiger partial charge on any atom is -0.392 e. The van der Waals surface area contributed by atoms with Gasteiger partial charge in [-0.1, -0.05) is 34.8 Å². The summed E-state index contributed by atoms with van der Waals surface area (Å²) < 4.78 is 0. The molecule has 0 aliphatic carbocycles. The molecule has 6 heteroatoms. The van der Waals surface area contributed by atoms with Gasteiger partial charge in [0.15, 0.2) is 0 Å². The van der Waals surface area contributed by atoms with Gasteiger partial charge in [0.05, 0.1) is 34.9 Å². The van der Waals surface area contributed by atoms with Crippen LogP contribution in [0, 0.1) is 0 Å². The van der Waals surface area contributed by atoms with Crippen molar-refractivity contribution in [1.29, 1.82) is 0 Å². The second-order valence-corrected chi connectivity index (χ2v) is 3.99. The van der Waals surface area contributed by atoms with E-state index in [4.69, 9.17) is 50.1 Å². The SMILES string of the molecule is OCc1c(Cl)c(CO)c(Cl)c(CO)c1Cl. The van der Waals surface area contributed by atoms with Crippen molar-refractivity contribution in [2.75, 3.05) is 0 Å². The van der Waals surface area contributed by atoms with Crippen LogP contribution in [0.1, 0.15) is 16.7 Å². The maximum atomic E-state index is 9.05. The Morgan fingerprint density at radius 3 is 0.933 bits per heavy atom. The van der Waals surface area contributed by atoms with E-state index in [1.807, 2.05) is 0 Å². The first-order valence-corrected chi connectivity index (χ1v) is 5.21. The van der Waals surface area contributed by atoms with Crippen LogP contribution in [0.25, 0.3) is 0 Å². The Morgan fingerprint density at radius 2 is 0.800 bits per heavy atom. The van der Waals surface area contributed by atoms with Crippen LogP contribution in [0.15, 0.2) is 0 Å². The quantitative estimate of drug-likeness (QED) is 0.789. The van der Waals surface area contributed by atoms with Gasteiger partial charge in [0.1, 0.15) is 0 Å². The van der Waals surface area contributed by atoms with Gasteiger partial charge in [-0.2, -0.15) is 0 Å². The Bertz CT molecular complexity index is 301. The molecular formula is C9H9Cl3O3. The van der Waals surface area contributed by atoms with Gasteiger partial charge in [-0.3, -0.25) is 0 Å². The van der Waals surface area contributed by atoms with Crippen LogP contribution in [-0.2, 0) is 19.8 Å². The third-order valence-electron chi connectivity index (χ3n) is 2.06. The molecular weight excluding hydrogens is 262 g/mol. The molecule has 84 valence electrons. The summed E-state index contributed by atoms with van der Waals surface area (Å²) in [6, 6.07) is 0. The average Bonchev–Trinajstić information content (AvgIpc) is 2.19. The van der Waals surface area contributed by atoms with Crippen LogP contribution < -0.4 is 0 Å². The molecule has 15 heavy (non-hydrogen) atoms.